The summed E-state index contributed by atoms with van der Waals surface area (Å²) in [5.74, 6) is 1.60. The van der Waals surface area contributed by atoms with E-state index in [1.165, 1.54) is 0 Å². The molecule has 148 valence electrons. The molecule has 0 spiro atoms. The molecule has 0 amide bonds. The minimum Gasteiger partial charge on any atom is -0.497 e. The predicted molar refractivity (Wildman–Crippen MR) is 122 cm³/mol. The van der Waals surface area contributed by atoms with E-state index in [9.17, 15) is 4.79 Å². The molecule has 0 N–H and O–H groups in total. The molecule has 0 radical (unpaired) electrons. The lowest BCUT2D eigenvalue weighted by molar-refractivity contribution is -0.110. The maximum absolute atomic E-state index is 13.1. The van der Waals surface area contributed by atoms with Crippen LogP contribution in [0.15, 0.2) is 78.9 Å². The highest BCUT2D eigenvalue weighted by Crippen LogP contribution is 2.31. The Balaban J connectivity index is 2.22. The Morgan fingerprint density at radius 3 is 1.79 bits per heavy atom. The van der Waals surface area contributed by atoms with Crippen LogP contribution in [0.3, 0.4) is 0 Å². The van der Waals surface area contributed by atoms with Crippen LogP contribution in [0, 0.1) is 0 Å². The van der Waals surface area contributed by atoms with Crippen molar-refractivity contribution in [1.82, 2.24) is 0 Å². The molecular formula is C25H26O3Si. The second-order valence-electron chi connectivity index (χ2n) is 7.11. The number of hydrogen-bond acceptors (Lipinski definition) is 3. The zero-order valence-corrected chi connectivity index (χ0v) is 18.3. The Bertz CT molecular complexity index is 993. The molecule has 4 heteroatoms. The van der Waals surface area contributed by atoms with Gasteiger partial charge in [0.25, 0.3) is 0 Å². The molecule has 0 aliphatic carbocycles. The van der Waals surface area contributed by atoms with Crippen molar-refractivity contribution in [2.45, 2.75) is 13.5 Å². The Morgan fingerprint density at radius 2 is 1.31 bits per heavy atom. The van der Waals surface area contributed by atoms with Gasteiger partial charge in [-0.15, -0.1) is 0 Å². The van der Waals surface area contributed by atoms with E-state index in [2.05, 4.69) is 24.8 Å². The first-order valence-corrected chi connectivity index (χ1v) is 12.1. The quantitative estimate of drug-likeness (QED) is 0.417. The monoisotopic (exact) mass is 402 g/mol. The lowest BCUT2D eigenvalue weighted by Crippen LogP contribution is -2.53. The molecule has 0 bridgehead atoms. The number of carbonyl (C=O) groups is 1. The van der Waals surface area contributed by atoms with Crippen molar-refractivity contribution in [3.63, 3.8) is 0 Å². The summed E-state index contributed by atoms with van der Waals surface area (Å²) in [6, 6.07) is 26.0. The standard InChI is InChI=1S/C25H26O3Si/c1-19(26)29(4,24-8-6-5-7-9-24)25(21-12-16-23(28-3)17-13-21)18-20-10-14-22(27-2)15-11-20/h5-18H,1-4H3/b25-18+. The minimum absolute atomic E-state index is 0.222. The van der Waals surface area contributed by atoms with Crippen LogP contribution in [0.5, 0.6) is 11.5 Å². The molecule has 3 aromatic carbocycles. The van der Waals surface area contributed by atoms with E-state index < -0.39 is 8.07 Å². The first-order chi connectivity index (χ1) is 14.0. The maximum Gasteiger partial charge on any atom is 0.190 e. The van der Waals surface area contributed by atoms with Gasteiger partial charge in [-0.3, -0.25) is 0 Å². The van der Waals surface area contributed by atoms with Crippen LogP contribution in [-0.4, -0.2) is 27.7 Å². The Hall–Kier alpha value is -3.11. The molecule has 0 aliphatic rings. The number of carbonyl (C=O) groups excluding carboxylic acids is 1. The van der Waals surface area contributed by atoms with Gasteiger partial charge < -0.3 is 14.3 Å². The van der Waals surface area contributed by atoms with Crippen LogP contribution in [0.2, 0.25) is 6.55 Å². The molecule has 1 atom stereocenters. The SMILES string of the molecule is COc1ccc(/C=C(\c2ccc(OC)cc2)[Si](C)(C(C)=O)c2ccccc2)cc1. The predicted octanol–water partition coefficient (Wildman–Crippen LogP) is 4.90. The summed E-state index contributed by atoms with van der Waals surface area (Å²) in [7, 11) is 0.655. The molecule has 0 fully saturated rings. The van der Waals surface area contributed by atoms with E-state index in [1.54, 1.807) is 21.1 Å². The van der Waals surface area contributed by atoms with Gasteiger partial charge in [-0.05, 0) is 52.7 Å². The number of rotatable bonds is 7. The molecule has 0 aromatic heterocycles. The van der Waals surface area contributed by atoms with E-state index in [1.807, 2.05) is 66.7 Å². The second kappa shape index (κ2) is 8.93. The average molecular weight is 403 g/mol. The van der Waals surface area contributed by atoms with Gasteiger partial charge in [0.15, 0.2) is 8.07 Å². The molecule has 3 aromatic rings. The van der Waals surface area contributed by atoms with Crippen molar-refractivity contribution in [3.8, 4) is 11.5 Å². The first kappa shape index (κ1) is 20.6. The normalized spacial score (nSPS) is 13.4. The average Bonchev–Trinajstić information content (AvgIpc) is 2.78. The number of hydrogen-bond donors (Lipinski definition) is 0. The summed E-state index contributed by atoms with van der Waals surface area (Å²) in [5, 5.41) is 2.39. The summed E-state index contributed by atoms with van der Waals surface area (Å²) in [5.41, 5.74) is 2.07. The third-order valence-electron chi connectivity index (χ3n) is 5.42. The molecular weight excluding hydrogens is 376 g/mol. The fourth-order valence-electron chi connectivity index (χ4n) is 3.47. The molecule has 0 aliphatic heterocycles. The van der Waals surface area contributed by atoms with Gasteiger partial charge in [0.1, 0.15) is 16.9 Å². The number of ether oxygens (including phenoxy) is 2. The van der Waals surface area contributed by atoms with E-state index in [0.717, 1.165) is 33.0 Å². The van der Waals surface area contributed by atoms with Gasteiger partial charge in [0, 0.05) is 0 Å². The molecule has 1 unspecified atom stereocenters. The third kappa shape index (κ3) is 4.33. The smallest absolute Gasteiger partial charge is 0.190 e. The minimum atomic E-state index is -2.66. The van der Waals surface area contributed by atoms with Crippen molar-refractivity contribution in [2.24, 2.45) is 0 Å². The Kier molecular flexibility index (Phi) is 6.35. The van der Waals surface area contributed by atoms with Gasteiger partial charge >= 0.3 is 0 Å². The van der Waals surface area contributed by atoms with Crippen LogP contribution in [0.25, 0.3) is 11.3 Å². The summed E-state index contributed by atoms with van der Waals surface area (Å²) in [4.78, 5) is 13.1. The largest absolute Gasteiger partial charge is 0.497 e. The lowest BCUT2D eigenvalue weighted by atomic mass is 10.1. The lowest BCUT2D eigenvalue weighted by Gasteiger charge is -2.29. The highest BCUT2D eigenvalue weighted by Gasteiger charge is 2.40. The van der Waals surface area contributed by atoms with Gasteiger partial charge in [0.2, 0.25) is 0 Å². The van der Waals surface area contributed by atoms with E-state index >= 15 is 0 Å². The van der Waals surface area contributed by atoms with Crippen molar-refractivity contribution >= 4 is 29.9 Å². The van der Waals surface area contributed by atoms with Crippen LogP contribution in [0.1, 0.15) is 18.1 Å². The maximum atomic E-state index is 13.1. The zero-order chi connectivity index (χ0) is 20.9. The van der Waals surface area contributed by atoms with Gasteiger partial charge in [-0.2, -0.15) is 0 Å². The summed E-state index contributed by atoms with van der Waals surface area (Å²) < 4.78 is 10.6. The summed E-state index contributed by atoms with van der Waals surface area (Å²) >= 11 is 0. The van der Waals surface area contributed by atoms with Crippen molar-refractivity contribution in [2.75, 3.05) is 14.2 Å². The van der Waals surface area contributed by atoms with Crippen molar-refractivity contribution in [1.29, 1.82) is 0 Å². The molecule has 0 saturated heterocycles. The van der Waals surface area contributed by atoms with E-state index in [0.29, 0.717) is 0 Å². The molecule has 3 rings (SSSR count). The fraction of sp³-hybridized carbons (Fsp3) is 0.160. The number of methoxy groups -OCH3 is 2. The van der Waals surface area contributed by atoms with E-state index in [4.69, 9.17) is 9.47 Å². The Labute approximate surface area is 173 Å². The summed E-state index contributed by atoms with van der Waals surface area (Å²) in [6.07, 6.45) is 2.14. The van der Waals surface area contributed by atoms with Gasteiger partial charge in [-0.25, -0.2) is 0 Å². The highest BCUT2D eigenvalue weighted by atomic mass is 28.3. The first-order valence-electron chi connectivity index (χ1n) is 9.56. The molecule has 0 heterocycles. The van der Waals surface area contributed by atoms with Crippen molar-refractivity contribution in [3.05, 3.63) is 90.0 Å². The van der Waals surface area contributed by atoms with Crippen LogP contribution in [-0.2, 0) is 4.79 Å². The van der Waals surface area contributed by atoms with Crippen molar-refractivity contribution < 1.29 is 14.3 Å². The third-order valence-corrected chi connectivity index (χ3v) is 9.83. The molecule has 0 saturated carbocycles. The molecule has 3 nitrogen and oxygen atoms in total. The summed E-state index contributed by atoms with van der Waals surface area (Å²) in [6.45, 7) is 3.84. The topological polar surface area (TPSA) is 35.5 Å². The van der Waals surface area contributed by atoms with Gasteiger partial charge in [-0.1, -0.05) is 67.2 Å². The Morgan fingerprint density at radius 1 is 0.793 bits per heavy atom. The van der Waals surface area contributed by atoms with Crippen LogP contribution >= 0.6 is 0 Å². The number of benzene rings is 3. The van der Waals surface area contributed by atoms with E-state index in [-0.39, 0.29) is 5.41 Å². The second-order valence-corrected chi connectivity index (χ2v) is 11.2. The van der Waals surface area contributed by atoms with Gasteiger partial charge in [0.05, 0.1) is 14.2 Å². The molecule has 29 heavy (non-hydrogen) atoms. The zero-order valence-electron chi connectivity index (χ0n) is 17.3. The van der Waals surface area contributed by atoms with Crippen LogP contribution < -0.4 is 14.7 Å². The highest BCUT2D eigenvalue weighted by molar-refractivity contribution is 7.25. The fourth-order valence-corrected chi connectivity index (χ4v) is 6.63. The van der Waals surface area contributed by atoms with Crippen LogP contribution in [0.4, 0.5) is 0 Å².